The number of likely N-dealkylation sites (tertiary alicyclic amines) is 1. The van der Waals surface area contributed by atoms with Crippen LogP contribution < -0.4 is 5.32 Å². The number of halogens is 1. The van der Waals surface area contributed by atoms with Crippen LogP contribution >= 0.6 is 11.6 Å². The van der Waals surface area contributed by atoms with E-state index in [2.05, 4.69) is 20.4 Å². The van der Waals surface area contributed by atoms with Gasteiger partial charge in [-0.25, -0.2) is 19.3 Å². The minimum absolute atomic E-state index is 0.127. The van der Waals surface area contributed by atoms with Gasteiger partial charge in [0, 0.05) is 24.8 Å². The van der Waals surface area contributed by atoms with E-state index in [9.17, 15) is 4.79 Å². The number of anilines is 1. The summed E-state index contributed by atoms with van der Waals surface area (Å²) < 4.78 is 7.14. The lowest BCUT2D eigenvalue weighted by atomic mass is 10.1. The second-order valence-electron chi connectivity index (χ2n) is 7.73. The Kier molecular flexibility index (Phi) is 4.58. The average molecular weight is 401 g/mol. The Morgan fingerprint density at radius 2 is 1.96 bits per heavy atom. The van der Waals surface area contributed by atoms with Gasteiger partial charge in [0.05, 0.1) is 17.9 Å². The Morgan fingerprint density at radius 3 is 2.64 bits per heavy atom. The minimum atomic E-state index is -0.490. The minimum Gasteiger partial charge on any atom is -0.444 e. The molecule has 0 atom stereocenters. The summed E-state index contributed by atoms with van der Waals surface area (Å²) in [5.74, 6) is 0.711. The molecule has 9 heteroatoms. The topological polar surface area (TPSA) is 84.6 Å². The number of imidazole rings is 1. The molecule has 3 aromatic rings. The Balaban J connectivity index is 1.45. The first-order valence-electron chi connectivity index (χ1n) is 9.00. The van der Waals surface area contributed by atoms with Crippen molar-refractivity contribution in [3.05, 3.63) is 41.8 Å². The third kappa shape index (κ3) is 3.87. The number of nitrogens with zero attached hydrogens (tertiary/aromatic N) is 5. The highest BCUT2D eigenvalue weighted by molar-refractivity contribution is 6.29. The van der Waals surface area contributed by atoms with Crippen LogP contribution in [0.3, 0.4) is 0 Å². The van der Waals surface area contributed by atoms with Gasteiger partial charge in [-0.1, -0.05) is 11.6 Å². The van der Waals surface area contributed by atoms with Gasteiger partial charge in [-0.2, -0.15) is 0 Å². The van der Waals surface area contributed by atoms with E-state index in [1.54, 1.807) is 27.9 Å². The summed E-state index contributed by atoms with van der Waals surface area (Å²) in [6.45, 7) is 6.73. The molecule has 0 aliphatic carbocycles. The molecular weight excluding hydrogens is 380 g/mol. The van der Waals surface area contributed by atoms with E-state index in [-0.39, 0.29) is 12.1 Å². The first-order valence-corrected chi connectivity index (χ1v) is 9.37. The van der Waals surface area contributed by atoms with Crippen molar-refractivity contribution in [3.8, 4) is 11.3 Å². The summed E-state index contributed by atoms with van der Waals surface area (Å²) in [7, 11) is 0. The van der Waals surface area contributed by atoms with Crippen molar-refractivity contribution < 1.29 is 9.53 Å². The highest BCUT2D eigenvalue weighted by atomic mass is 35.5. The first-order chi connectivity index (χ1) is 13.3. The Hall–Kier alpha value is -2.87. The summed E-state index contributed by atoms with van der Waals surface area (Å²) in [5.41, 5.74) is 1.95. The lowest BCUT2D eigenvalue weighted by Gasteiger charge is -2.40. The lowest BCUT2D eigenvalue weighted by molar-refractivity contribution is 0.0104. The smallest absolute Gasteiger partial charge is 0.410 e. The van der Waals surface area contributed by atoms with Crippen LogP contribution in [-0.4, -0.2) is 55.3 Å². The lowest BCUT2D eigenvalue weighted by Crippen LogP contribution is -2.58. The van der Waals surface area contributed by atoms with Gasteiger partial charge < -0.3 is 15.0 Å². The summed E-state index contributed by atoms with van der Waals surface area (Å²) >= 11 is 5.87. The van der Waals surface area contributed by atoms with E-state index in [1.807, 2.05) is 39.0 Å². The molecule has 4 heterocycles. The zero-order valence-electron chi connectivity index (χ0n) is 15.9. The highest BCUT2D eigenvalue weighted by Crippen LogP contribution is 2.22. The molecule has 0 saturated carbocycles. The highest BCUT2D eigenvalue weighted by Gasteiger charge is 2.33. The summed E-state index contributed by atoms with van der Waals surface area (Å²) in [6, 6.07) is 7.51. The van der Waals surface area contributed by atoms with E-state index >= 15 is 0 Å². The van der Waals surface area contributed by atoms with E-state index in [0.717, 1.165) is 16.9 Å². The zero-order valence-corrected chi connectivity index (χ0v) is 16.6. The van der Waals surface area contributed by atoms with E-state index in [4.69, 9.17) is 16.3 Å². The van der Waals surface area contributed by atoms with Crippen LogP contribution in [0.25, 0.3) is 16.9 Å². The van der Waals surface area contributed by atoms with Crippen molar-refractivity contribution in [3.63, 3.8) is 0 Å². The third-order valence-corrected chi connectivity index (χ3v) is 4.49. The standard InChI is InChI=1S/C19H21ClN6O2/c1-19(2,3)28-18(27)25-10-13(11-25)23-16-6-7-17-22-9-14(26(17)24-16)12-4-5-15(20)21-8-12/h4-9,13H,10-11H2,1-3H3,(H,23,24). The van der Waals surface area contributed by atoms with Crippen molar-refractivity contribution in [2.75, 3.05) is 18.4 Å². The van der Waals surface area contributed by atoms with Crippen LogP contribution in [0, 0.1) is 0 Å². The number of hydrogen-bond donors (Lipinski definition) is 1. The van der Waals surface area contributed by atoms with Crippen molar-refractivity contribution >= 4 is 29.2 Å². The normalized spacial score (nSPS) is 14.8. The molecule has 1 saturated heterocycles. The fourth-order valence-corrected chi connectivity index (χ4v) is 3.04. The van der Waals surface area contributed by atoms with Gasteiger partial charge in [-0.3, -0.25) is 0 Å². The van der Waals surface area contributed by atoms with Crippen LogP contribution in [0.4, 0.5) is 10.6 Å². The van der Waals surface area contributed by atoms with Gasteiger partial charge in [0.15, 0.2) is 5.65 Å². The molecule has 0 bridgehead atoms. The van der Waals surface area contributed by atoms with Crippen LogP contribution in [0.15, 0.2) is 36.7 Å². The number of hydrogen-bond acceptors (Lipinski definition) is 6. The maximum absolute atomic E-state index is 12.0. The number of pyridine rings is 1. The van der Waals surface area contributed by atoms with Crippen molar-refractivity contribution in [1.29, 1.82) is 0 Å². The second-order valence-corrected chi connectivity index (χ2v) is 8.12. The van der Waals surface area contributed by atoms with Gasteiger partial charge in [0.1, 0.15) is 16.6 Å². The third-order valence-electron chi connectivity index (χ3n) is 4.27. The van der Waals surface area contributed by atoms with Gasteiger partial charge in [0.25, 0.3) is 0 Å². The monoisotopic (exact) mass is 400 g/mol. The molecule has 1 N–H and O–H groups in total. The van der Waals surface area contributed by atoms with E-state index < -0.39 is 5.60 Å². The summed E-state index contributed by atoms with van der Waals surface area (Å²) in [6.07, 6.45) is 3.16. The van der Waals surface area contributed by atoms with Gasteiger partial charge in [-0.05, 0) is 45.0 Å². The molecule has 0 unspecified atom stereocenters. The van der Waals surface area contributed by atoms with Crippen LogP contribution in [0.2, 0.25) is 5.15 Å². The number of aromatic nitrogens is 4. The van der Waals surface area contributed by atoms with Crippen LogP contribution in [0.5, 0.6) is 0 Å². The number of amides is 1. The Labute approximate surface area is 167 Å². The van der Waals surface area contributed by atoms with Crippen molar-refractivity contribution in [1.82, 2.24) is 24.5 Å². The fourth-order valence-electron chi connectivity index (χ4n) is 2.93. The second kappa shape index (κ2) is 6.94. The summed E-state index contributed by atoms with van der Waals surface area (Å²) in [5, 5.41) is 8.42. The number of rotatable bonds is 3. The van der Waals surface area contributed by atoms with Crippen molar-refractivity contribution in [2.24, 2.45) is 0 Å². The van der Waals surface area contributed by atoms with Crippen LogP contribution in [0.1, 0.15) is 20.8 Å². The first kappa shape index (κ1) is 18.5. The van der Waals surface area contributed by atoms with Gasteiger partial charge >= 0.3 is 6.09 Å². The van der Waals surface area contributed by atoms with Gasteiger partial charge in [0.2, 0.25) is 0 Å². The van der Waals surface area contributed by atoms with Gasteiger partial charge in [-0.15, -0.1) is 5.10 Å². The predicted octanol–water partition coefficient (Wildman–Crippen LogP) is 3.48. The Morgan fingerprint density at radius 1 is 1.18 bits per heavy atom. The number of ether oxygens (including phenoxy) is 1. The molecule has 1 aliphatic rings. The van der Waals surface area contributed by atoms with Crippen molar-refractivity contribution in [2.45, 2.75) is 32.4 Å². The number of carbonyl (C=O) groups excluding carboxylic acids is 1. The quantitative estimate of drug-likeness (QED) is 0.677. The zero-order chi connectivity index (χ0) is 19.9. The number of carbonyl (C=O) groups is 1. The molecular formula is C19H21ClN6O2. The SMILES string of the molecule is CC(C)(C)OC(=O)N1CC(Nc2ccc3ncc(-c4ccc(Cl)nc4)n3n2)C1. The number of nitrogens with one attached hydrogen (secondary N) is 1. The fraction of sp³-hybridized carbons (Fsp3) is 0.368. The van der Waals surface area contributed by atoms with E-state index in [1.165, 1.54) is 0 Å². The molecule has 1 amide bonds. The molecule has 28 heavy (non-hydrogen) atoms. The molecule has 8 nitrogen and oxygen atoms in total. The maximum atomic E-state index is 12.0. The maximum Gasteiger partial charge on any atom is 0.410 e. The Bertz CT molecular complexity index is 1010. The predicted molar refractivity (Wildman–Crippen MR) is 106 cm³/mol. The largest absolute Gasteiger partial charge is 0.444 e. The molecule has 3 aromatic heterocycles. The molecule has 146 valence electrons. The molecule has 0 aromatic carbocycles. The molecule has 4 rings (SSSR count). The number of fused-ring (bicyclic) bond motifs is 1. The molecule has 0 spiro atoms. The molecule has 1 fully saturated rings. The average Bonchev–Trinajstić information content (AvgIpc) is 3.00. The van der Waals surface area contributed by atoms with Crippen LogP contribution in [-0.2, 0) is 4.74 Å². The van der Waals surface area contributed by atoms with E-state index in [0.29, 0.717) is 24.1 Å². The molecule has 1 aliphatic heterocycles. The molecule has 0 radical (unpaired) electrons. The summed E-state index contributed by atoms with van der Waals surface area (Å²) in [4.78, 5) is 22.2.